The minimum absolute atomic E-state index is 0.0932. The Kier molecular flexibility index (Phi) is 4.35. The van der Waals surface area contributed by atoms with Crippen molar-refractivity contribution < 1.29 is 4.74 Å². The summed E-state index contributed by atoms with van der Waals surface area (Å²) in [4.78, 5) is 6.41. The number of benzene rings is 1. The molecule has 0 amide bonds. The number of methoxy groups -OCH3 is 1. The molecule has 0 spiro atoms. The molecule has 0 saturated heterocycles. The van der Waals surface area contributed by atoms with Crippen LogP contribution in [0.2, 0.25) is 5.02 Å². The number of nitrogens with zero attached hydrogens (tertiary/aromatic N) is 2. The molecular formula is C15H18ClN3O. The lowest BCUT2D eigenvalue weighted by Gasteiger charge is -2.27. The van der Waals surface area contributed by atoms with Gasteiger partial charge in [0.15, 0.2) is 5.82 Å². The summed E-state index contributed by atoms with van der Waals surface area (Å²) in [6.45, 7) is 2.08. The number of aromatic nitrogens is 1. The predicted octanol–water partition coefficient (Wildman–Crippen LogP) is 3.52. The van der Waals surface area contributed by atoms with Gasteiger partial charge in [-0.05, 0) is 30.7 Å². The van der Waals surface area contributed by atoms with Crippen molar-refractivity contribution in [3.05, 3.63) is 47.0 Å². The van der Waals surface area contributed by atoms with Crippen LogP contribution in [-0.4, -0.2) is 19.1 Å². The van der Waals surface area contributed by atoms with E-state index in [1.165, 1.54) is 0 Å². The van der Waals surface area contributed by atoms with Crippen LogP contribution in [0.25, 0.3) is 0 Å². The normalized spacial score (nSPS) is 12.0. The quantitative estimate of drug-likeness (QED) is 0.936. The molecule has 1 aromatic carbocycles. The van der Waals surface area contributed by atoms with Crippen LogP contribution in [-0.2, 0) is 0 Å². The molecule has 1 unspecified atom stereocenters. The van der Waals surface area contributed by atoms with E-state index >= 15 is 0 Å². The third-order valence-corrected chi connectivity index (χ3v) is 3.57. The molecule has 1 aromatic heterocycles. The molecule has 0 aliphatic rings. The van der Waals surface area contributed by atoms with Crippen LogP contribution in [0.1, 0.15) is 18.5 Å². The molecule has 2 aromatic rings. The number of pyridine rings is 1. The average Bonchev–Trinajstić information content (AvgIpc) is 2.46. The summed E-state index contributed by atoms with van der Waals surface area (Å²) in [6, 6.07) is 11.4. The summed E-state index contributed by atoms with van der Waals surface area (Å²) < 4.78 is 5.15. The molecule has 0 saturated carbocycles. The van der Waals surface area contributed by atoms with E-state index in [0.717, 1.165) is 5.56 Å². The maximum atomic E-state index is 6.04. The van der Waals surface area contributed by atoms with Crippen molar-refractivity contribution in [2.24, 2.45) is 0 Å². The number of rotatable bonds is 4. The monoisotopic (exact) mass is 291 g/mol. The van der Waals surface area contributed by atoms with Crippen molar-refractivity contribution in [1.82, 2.24) is 4.98 Å². The third kappa shape index (κ3) is 2.96. The van der Waals surface area contributed by atoms with E-state index < -0.39 is 0 Å². The smallest absolute Gasteiger partial charge is 0.215 e. The van der Waals surface area contributed by atoms with E-state index in [1.807, 2.05) is 36.2 Å². The van der Waals surface area contributed by atoms with Gasteiger partial charge in [0.05, 0.1) is 18.8 Å². The van der Waals surface area contributed by atoms with Crippen LogP contribution >= 0.6 is 11.6 Å². The Morgan fingerprint density at radius 1 is 1.30 bits per heavy atom. The second kappa shape index (κ2) is 6.01. The van der Waals surface area contributed by atoms with E-state index in [-0.39, 0.29) is 6.04 Å². The van der Waals surface area contributed by atoms with E-state index in [9.17, 15) is 0 Å². The first kappa shape index (κ1) is 14.5. The Morgan fingerprint density at radius 3 is 2.70 bits per heavy atom. The van der Waals surface area contributed by atoms with Gasteiger partial charge in [-0.3, -0.25) is 0 Å². The Hall–Kier alpha value is -1.94. The molecule has 0 fully saturated rings. The fraction of sp³-hybridized carbons (Fsp3) is 0.267. The Balaban J connectivity index is 2.33. The fourth-order valence-electron chi connectivity index (χ4n) is 2.01. The van der Waals surface area contributed by atoms with Gasteiger partial charge in [0, 0.05) is 18.1 Å². The lowest BCUT2D eigenvalue weighted by atomic mass is 10.1. The fourth-order valence-corrected chi connectivity index (χ4v) is 2.21. The number of ether oxygens (including phenoxy) is 1. The molecule has 4 nitrogen and oxygen atoms in total. The van der Waals surface area contributed by atoms with Crippen LogP contribution in [0, 0.1) is 0 Å². The number of hydrogen-bond donors (Lipinski definition) is 1. The Morgan fingerprint density at radius 2 is 2.05 bits per heavy atom. The molecule has 0 aliphatic heterocycles. The molecule has 0 bridgehead atoms. The van der Waals surface area contributed by atoms with Gasteiger partial charge >= 0.3 is 0 Å². The topological polar surface area (TPSA) is 51.4 Å². The van der Waals surface area contributed by atoms with Crippen LogP contribution < -0.4 is 15.4 Å². The highest BCUT2D eigenvalue weighted by Crippen LogP contribution is 2.30. The van der Waals surface area contributed by atoms with Gasteiger partial charge < -0.3 is 15.4 Å². The number of hydrogen-bond acceptors (Lipinski definition) is 4. The number of nitrogens with two attached hydrogens (primary N) is 1. The summed E-state index contributed by atoms with van der Waals surface area (Å²) in [5, 5.41) is 0.717. The van der Waals surface area contributed by atoms with Gasteiger partial charge in [0.1, 0.15) is 0 Å². The zero-order chi connectivity index (χ0) is 14.7. The summed E-state index contributed by atoms with van der Waals surface area (Å²) >= 11 is 6.04. The molecule has 2 rings (SSSR count). The standard InChI is InChI=1S/C15H18ClN3O/c1-10(11-5-4-6-12(16)9-11)19(2)15-13(17)7-8-14(18-15)20-3/h4-10H,17H2,1-3H3. The number of anilines is 2. The Labute approximate surface area is 124 Å². The summed E-state index contributed by atoms with van der Waals surface area (Å²) in [6.07, 6.45) is 0. The van der Waals surface area contributed by atoms with Crippen molar-refractivity contribution in [2.45, 2.75) is 13.0 Å². The minimum atomic E-state index is 0.0932. The van der Waals surface area contributed by atoms with Crippen LogP contribution in [0.15, 0.2) is 36.4 Å². The first-order chi connectivity index (χ1) is 9.52. The first-order valence-electron chi connectivity index (χ1n) is 6.31. The molecule has 20 heavy (non-hydrogen) atoms. The van der Waals surface area contributed by atoms with Crippen LogP contribution in [0.4, 0.5) is 11.5 Å². The maximum absolute atomic E-state index is 6.04. The summed E-state index contributed by atoms with van der Waals surface area (Å²) in [7, 11) is 3.53. The second-order valence-electron chi connectivity index (χ2n) is 4.61. The van der Waals surface area contributed by atoms with E-state index in [2.05, 4.69) is 11.9 Å². The first-order valence-corrected chi connectivity index (χ1v) is 6.69. The third-order valence-electron chi connectivity index (χ3n) is 3.34. The molecule has 0 aliphatic carbocycles. The molecule has 1 heterocycles. The lowest BCUT2D eigenvalue weighted by Crippen LogP contribution is -2.23. The van der Waals surface area contributed by atoms with Crippen molar-refractivity contribution in [3.63, 3.8) is 0 Å². The van der Waals surface area contributed by atoms with Crippen LogP contribution in [0.5, 0.6) is 5.88 Å². The highest BCUT2D eigenvalue weighted by atomic mass is 35.5. The predicted molar refractivity (Wildman–Crippen MR) is 83.5 cm³/mol. The SMILES string of the molecule is COc1ccc(N)c(N(C)C(C)c2cccc(Cl)c2)n1. The molecule has 1 atom stereocenters. The second-order valence-corrected chi connectivity index (χ2v) is 5.04. The van der Waals surface area contributed by atoms with Gasteiger partial charge in [-0.25, -0.2) is 0 Å². The van der Waals surface area contributed by atoms with E-state index in [0.29, 0.717) is 22.4 Å². The largest absolute Gasteiger partial charge is 0.481 e. The number of halogens is 1. The van der Waals surface area contributed by atoms with Crippen molar-refractivity contribution in [1.29, 1.82) is 0 Å². The van der Waals surface area contributed by atoms with E-state index in [1.54, 1.807) is 19.2 Å². The lowest BCUT2D eigenvalue weighted by molar-refractivity contribution is 0.398. The molecule has 106 valence electrons. The maximum Gasteiger partial charge on any atom is 0.215 e. The minimum Gasteiger partial charge on any atom is -0.481 e. The summed E-state index contributed by atoms with van der Waals surface area (Å²) in [5.74, 6) is 1.23. The van der Waals surface area contributed by atoms with Crippen LogP contribution in [0.3, 0.4) is 0 Å². The van der Waals surface area contributed by atoms with Crippen molar-refractivity contribution in [3.8, 4) is 5.88 Å². The molecule has 5 heteroatoms. The van der Waals surface area contributed by atoms with Gasteiger partial charge in [-0.2, -0.15) is 4.98 Å². The zero-order valence-electron chi connectivity index (χ0n) is 11.8. The molecular weight excluding hydrogens is 274 g/mol. The average molecular weight is 292 g/mol. The van der Waals surface area contributed by atoms with Crippen molar-refractivity contribution >= 4 is 23.1 Å². The highest BCUT2D eigenvalue weighted by molar-refractivity contribution is 6.30. The van der Waals surface area contributed by atoms with Gasteiger partial charge in [0.2, 0.25) is 5.88 Å². The van der Waals surface area contributed by atoms with Gasteiger partial charge in [0.25, 0.3) is 0 Å². The van der Waals surface area contributed by atoms with E-state index in [4.69, 9.17) is 22.1 Å². The highest BCUT2D eigenvalue weighted by Gasteiger charge is 2.16. The zero-order valence-corrected chi connectivity index (χ0v) is 12.6. The van der Waals surface area contributed by atoms with Gasteiger partial charge in [-0.1, -0.05) is 23.7 Å². The van der Waals surface area contributed by atoms with Crippen molar-refractivity contribution in [2.75, 3.05) is 24.8 Å². The van der Waals surface area contributed by atoms with Gasteiger partial charge in [-0.15, -0.1) is 0 Å². The Bertz CT molecular complexity index is 603. The number of nitrogen functional groups attached to an aromatic ring is 1. The molecule has 0 radical (unpaired) electrons. The molecule has 2 N–H and O–H groups in total. The summed E-state index contributed by atoms with van der Waals surface area (Å²) in [5.41, 5.74) is 7.72.